The van der Waals surface area contributed by atoms with Gasteiger partial charge in [0.25, 0.3) is 0 Å². The van der Waals surface area contributed by atoms with E-state index < -0.39 is 12.1 Å². The Morgan fingerprint density at radius 2 is 2.08 bits per heavy atom. The molecule has 8 nitrogen and oxygen atoms in total. The van der Waals surface area contributed by atoms with Gasteiger partial charge in [0.15, 0.2) is 5.70 Å². The van der Waals surface area contributed by atoms with Gasteiger partial charge in [0.05, 0.1) is 7.11 Å². The summed E-state index contributed by atoms with van der Waals surface area (Å²) in [6.07, 6.45) is 0.690. The third kappa shape index (κ3) is 3.32. The second-order valence-corrected chi connectivity index (χ2v) is 5.36. The molecule has 0 radical (unpaired) electrons. The number of hydrogen-bond donors (Lipinski definition) is 1. The first-order valence-electron chi connectivity index (χ1n) is 7.46. The van der Waals surface area contributed by atoms with Crippen molar-refractivity contribution in [2.75, 3.05) is 33.3 Å². The van der Waals surface area contributed by atoms with Crippen LogP contribution in [0.2, 0.25) is 0 Å². The van der Waals surface area contributed by atoms with E-state index >= 15 is 0 Å². The third-order valence-electron chi connectivity index (χ3n) is 3.83. The number of amides is 1. The number of benzene rings is 1. The van der Waals surface area contributed by atoms with E-state index in [0.717, 1.165) is 0 Å². The second kappa shape index (κ2) is 6.61. The van der Waals surface area contributed by atoms with Crippen LogP contribution in [0.1, 0.15) is 5.56 Å². The van der Waals surface area contributed by atoms with E-state index in [9.17, 15) is 9.59 Å². The Hall–Kier alpha value is -3.03. The Bertz CT molecular complexity index is 720. The molecule has 1 saturated heterocycles. The van der Waals surface area contributed by atoms with Crippen molar-refractivity contribution in [3.05, 3.63) is 41.7 Å². The number of ether oxygens (including phenoxy) is 2. The monoisotopic (exact) mass is 331 g/mol. The van der Waals surface area contributed by atoms with Gasteiger partial charge in [0.2, 0.25) is 5.90 Å². The molecule has 0 bridgehead atoms. The maximum atomic E-state index is 12.0. The highest BCUT2D eigenvalue weighted by atomic mass is 16.6. The van der Waals surface area contributed by atoms with Crippen molar-refractivity contribution >= 4 is 18.0 Å². The van der Waals surface area contributed by atoms with Crippen LogP contribution >= 0.6 is 0 Å². The molecule has 1 aromatic carbocycles. The number of carbonyl (C=O) groups excluding carboxylic acids is 1. The lowest BCUT2D eigenvalue weighted by molar-refractivity contribution is -0.130. The maximum absolute atomic E-state index is 12.0. The lowest BCUT2D eigenvalue weighted by Crippen LogP contribution is -2.46. The predicted octanol–water partition coefficient (Wildman–Crippen LogP) is 1.14. The molecule has 0 aromatic heterocycles. The molecule has 0 unspecified atom stereocenters. The summed E-state index contributed by atoms with van der Waals surface area (Å²) >= 11 is 0. The standard InChI is InChI=1S/C16H17N3O5/c1-23-12-4-2-3-11(9-12)14-17-13(15(20)24-14)10-18-5-7-19(8-6-18)16(21)22/h2-4,9-10H,5-8H2,1H3,(H,21,22)/b13-10+. The van der Waals surface area contributed by atoms with Crippen LogP contribution in [0.3, 0.4) is 0 Å². The number of carboxylic acid groups (broad SMARTS) is 1. The molecule has 8 heteroatoms. The van der Waals surface area contributed by atoms with Crippen LogP contribution in [0.15, 0.2) is 41.2 Å². The quantitative estimate of drug-likeness (QED) is 0.659. The van der Waals surface area contributed by atoms with Gasteiger partial charge in [-0.15, -0.1) is 0 Å². The molecular weight excluding hydrogens is 314 g/mol. The number of cyclic esters (lactones) is 1. The molecule has 1 N–H and O–H groups in total. The number of rotatable bonds is 3. The summed E-state index contributed by atoms with van der Waals surface area (Å²) in [5, 5.41) is 8.94. The first-order chi connectivity index (χ1) is 11.6. The van der Waals surface area contributed by atoms with Crippen molar-refractivity contribution in [2.45, 2.75) is 0 Å². The SMILES string of the molecule is COc1cccc(C2=N/C(=C/N3CCN(C(=O)O)CC3)C(=O)O2)c1. The van der Waals surface area contributed by atoms with Crippen LogP contribution in [-0.2, 0) is 9.53 Å². The number of nitrogens with zero attached hydrogens (tertiary/aromatic N) is 3. The Morgan fingerprint density at radius 3 is 2.75 bits per heavy atom. The largest absolute Gasteiger partial charge is 0.497 e. The van der Waals surface area contributed by atoms with Crippen molar-refractivity contribution in [1.82, 2.24) is 9.80 Å². The van der Waals surface area contributed by atoms with E-state index in [4.69, 9.17) is 14.6 Å². The molecule has 1 aromatic rings. The molecule has 24 heavy (non-hydrogen) atoms. The summed E-state index contributed by atoms with van der Waals surface area (Å²) in [7, 11) is 1.56. The molecule has 2 aliphatic rings. The zero-order valence-electron chi connectivity index (χ0n) is 13.1. The minimum Gasteiger partial charge on any atom is -0.497 e. The van der Waals surface area contributed by atoms with Gasteiger partial charge in [0, 0.05) is 37.9 Å². The Morgan fingerprint density at radius 1 is 1.33 bits per heavy atom. The number of piperazine rings is 1. The molecular formula is C16H17N3O5. The van der Waals surface area contributed by atoms with Gasteiger partial charge in [-0.25, -0.2) is 14.6 Å². The van der Waals surface area contributed by atoms with Crippen molar-refractivity contribution in [3.8, 4) is 5.75 Å². The molecule has 0 aliphatic carbocycles. The van der Waals surface area contributed by atoms with Crippen LogP contribution in [0.4, 0.5) is 4.79 Å². The highest BCUT2D eigenvalue weighted by Gasteiger charge is 2.26. The van der Waals surface area contributed by atoms with Crippen LogP contribution < -0.4 is 4.74 Å². The molecule has 3 rings (SSSR count). The smallest absolute Gasteiger partial charge is 0.407 e. The van der Waals surface area contributed by atoms with Crippen LogP contribution in [0.25, 0.3) is 0 Å². The number of esters is 1. The van der Waals surface area contributed by atoms with Crippen molar-refractivity contribution in [2.24, 2.45) is 4.99 Å². The molecule has 0 atom stereocenters. The van der Waals surface area contributed by atoms with Gasteiger partial charge in [-0.2, -0.15) is 0 Å². The van der Waals surface area contributed by atoms with Crippen molar-refractivity contribution in [3.63, 3.8) is 0 Å². The maximum Gasteiger partial charge on any atom is 0.407 e. The fraction of sp³-hybridized carbons (Fsp3) is 0.312. The van der Waals surface area contributed by atoms with Crippen molar-refractivity contribution < 1.29 is 24.2 Å². The normalized spacial score (nSPS) is 19.3. The summed E-state index contributed by atoms with van der Waals surface area (Å²) in [4.78, 5) is 30.3. The first-order valence-corrected chi connectivity index (χ1v) is 7.46. The minimum atomic E-state index is -0.930. The van der Waals surface area contributed by atoms with Gasteiger partial charge >= 0.3 is 12.1 Å². The predicted molar refractivity (Wildman–Crippen MR) is 84.9 cm³/mol. The topological polar surface area (TPSA) is 91.7 Å². The molecule has 1 fully saturated rings. The van der Waals surface area contributed by atoms with Gasteiger partial charge in [-0.3, -0.25) is 0 Å². The molecule has 0 saturated carbocycles. The first kappa shape index (κ1) is 15.9. The van der Waals surface area contributed by atoms with E-state index in [1.165, 1.54) is 4.90 Å². The average Bonchev–Trinajstić information content (AvgIpc) is 2.96. The van der Waals surface area contributed by atoms with Gasteiger partial charge in [-0.05, 0) is 18.2 Å². The highest BCUT2D eigenvalue weighted by Crippen LogP contribution is 2.20. The second-order valence-electron chi connectivity index (χ2n) is 5.36. The van der Waals surface area contributed by atoms with E-state index in [0.29, 0.717) is 37.5 Å². The number of aliphatic imine (C=N–C) groups is 1. The van der Waals surface area contributed by atoms with E-state index in [1.807, 2.05) is 4.90 Å². The van der Waals surface area contributed by atoms with Crippen molar-refractivity contribution in [1.29, 1.82) is 0 Å². The summed E-state index contributed by atoms with van der Waals surface area (Å²) in [6.45, 7) is 1.79. The minimum absolute atomic E-state index is 0.205. The highest BCUT2D eigenvalue weighted by molar-refractivity contribution is 6.11. The number of methoxy groups -OCH3 is 1. The Kier molecular flexibility index (Phi) is 4.37. The van der Waals surface area contributed by atoms with Gasteiger partial charge in [0.1, 0.15) is 5.75 Å². The summed E-state index contributed by atoms with van der Waals surface area (Å²) in [5.41, 5.74) is 0.860. The van der Waals surface area contributed by atoms with Crippen LogP contribution in [-0.4, -0.2) is 66.2 Å². The molecule has 1 amide bonds. The molecule has 2 aliphatic heterocycles. The summed E-state index contributed by atoms with van der Waals surface area (Å²) in [6, 6.07) is 7.10. The molecule has 126 valence electrons. The van der Waals surface area contributed by atoms with Crippen LogP contribution in [0.5, 0.6) is 5.75 Å². The Balaban J connectivity index is 1.73. The van der Waals surface area contributed by atoms with E-state index in [1.54, 1.807) is 37.6 Å². The van der Waals surface area contributed by atoms with E-state index in [2.05, 4.69) is 4.99 Å². The zero-order valence-corrected chi connectivity index (χ0v) is 13.1. The fourth-order valence-corrected chi connectivity index (χ4v) is 2.49. The Labute approximate surface area is 138 Å². The third-order valence-corrected chi connectivity index (χ3v) is 3.83. The number of hydrogen-bond acceptors (Lipinski definition) is 6. The average molecular weight is 331 g/mol. The van der Waals surface area contributed by atoms with Gasteiger partial charge in [-0.1, -0.05) is 6.07 Å². The lowest BCUT2D eigenvalue weighted by atomic mass is 10.2. The van der Waals surface area contributed by atoms with Gasteiger partial charge < -0.3 is 24.4 Å². The molecule has 0 spiro atoms. The van der Waals surface area contributed by atoms with Crippen LogP contribution in [0, 0.1) is 0 Å². The zero-order chi connectivity index (χ0) is 17.1. The summed E-state index contributed by atoms with van der Waals surface area (Å²) < 4.78 is 10.4. The van der Waals surface area contributed by atoms with E-state index in [-0.39, 0.29) is 11.6 Å². The lowest BCUT2D eigenvalue weighted by Gasteiger charge is -2.32. The number of carbonyl (C=O) groups is 2. The molecule has 2 heterocycles. The summed E-state index contributed by atoms with van der Waals surface area (Å²) in [5.74, 6) is 0.358. The fourth-order valence-electron chi connectivity index (χ4n) is 2.49.